The van der Waals surface area contributed by atoms with E-state index in [0.717, 1.165) is 36.7 Å². The molecular weight excluding hydrogens is 200 g/mol. The van der Waals surface area contributed by atoms with Crippen LogP contribution in [0.5, 0.6) is 0 Å². The zero-order chi connectivity index (χ0) is 11.0. The summed E-state index contributed by atoms with van der Waals surface area (Å²) in [5.41, 5.74) is 0. The van der Waals surface area contributed by atoms with Crippen LogP contribution in [0.1, 0.15) is 18.7 Å². The van der Waals surface area contributed by atoms with Gasteiger partial charge in [-0.05, 0) is 37.1 Å². The number of hydrogen-bond donors (Lipinski definition) is 1. The summed E-state index contributed by atoms with van der Waals surface area (Å²) >= 11 is 0. The number of nitrogens with zero attached hydrogens (tertiary/aromatic N) is 3. The van der Waals surface area contributed by atoms with Gasteiger partial charge < -0.3 is 5.32 Å². The second-order valence-corrected chi connectivity index (χ2v) is 4.97. The maximum atomic E-state index is 4.20. The molecular formula is C12H18N4. The Labute approximate surface area is 95.8 Å². The van der Waals surface area contributed by atoms with E-state index in [1.165, 1.54) is 12.8 Å². The highest BCUT2D eigenvalue weighted by Crippen LogP contribution is 2.42. The summed E-state index contributed by atoms with van der Waals surface area (Å²) < 4.78 is 1.83. The standard InChI is InChI=1S/C12H18N4/c1-16-12(14-8-15-16)7-13-6-11-5-9-2-3-10(11)4-9/h2-3,8-11,13H,4-7H2,1H3. The highest BCUT2D eigenvalue weighted by Gasteiger charge is 2.34. The fourth-order valence-electron chi connectivity index (χ4n) is 2.98. The molecule has 0 aromatic carbocycles. The van der Waals surface area contributed by atoms with Crippen molar-refractivity contribution in [3.8, 4) is 0 Å². The Morgan fingerprint density at radius 1 is 1.44 bits per heavy atom. The Balaban J connectivity index is 1.48. The summed E-state index contributed by atoms with van der Waals surface area (Å²) in [6, 6.07) is 0. The zero-order valence-electron chi connectivity index (χ0n) is 9.63. The molecule has 3 atom stereocenters. The summed E-state index contributed by atoms with van der Waals surface area (Å²) in [5, 5.41) is 7.56. The van der Waals surface area contributed by atoms with Crippen LogP contribution in [0, 0.1) is 17.8 Å². The molecule has 3 unspecified atom stereocenters. The van der Waals surface area contributed by atoms with Crippen LogP contribution in [-0.2, 0) is 13.6 Å². The summed E-state index contributed by atoms with van der Waals surface area (Å²) in [5.74, 6) is 3.55. The molecule has 1 aromatic rings. The first-order valence-electron chi connectivity index (χ1n) is 6.05. The molecule has 1 aromatic heterocycles. The third kappa shape index (κ3) is 1.78. The van der Waals surface area contributed by atoms with Crippen LogP contribution in [0.4, 0.5) is 0 Å². The second-order valence-electron chi connectivity index (χ2n) is 4.97. The van der Waals surface area contributed by atoms with E-state index in [0.29, 0.717) is 0 Å². The molecule has 1 saturated carbocycles. The van der Waals surface area contributed by atoms with Crippen LogP contribution in [0.15, 0.2) is 18.5 Å². The van der Waals surface area contributed by atoms with E-state index < -0.39 is 0 Å². The van der Waals surface area contributed by atoms with E-state index in [2.05, 4.69) is 27.6 Å². The third-order valence-electron chi connectivity index (χ3n) is 3.91. The van der Waals surface area contributed by atoms with Crippen LogP contribution in [0.25, 0.3) is 0 Å². The first kappa shape index (κ1) is 10.0. The molecule has 2 bridgehead atoms. The minimum Gasteiger partial charge on any atom is -0.310 e. The third-order valence-corrected chi connectivity index (χ3v) is 3.91. The minimum atomic E-state index is 0.827. The monoisotopic (exact) mass is 218 g/mol. The number of allylic oxidation sites excluding steroid dienone is 2. The number of aromatic nitrogens is 3. The van der Waals surface area contributed by atoms with Gasteiger partial charge in [0.15, 0.2) is 0 Å². The number of fused-ring (bicyclic) bond motifs is 2. The quantitative estimate of drug-likeness (QED) is 0.770. The lowest BCUT2D eigenvalue weighted by Crippen LogP contribution is -2.26. The Hall–Kier alpha value is -1.16. The van der Waals surface area contributed by atoms with Crippen molar-refractivity contribution < 1.29 is 0 Å². The summed E-state index contributed by atoms with van der Waals surface area (Å²) in [6.07, 6.45) is 9.16. The SMILES string of the molecule is Cn1ncnc1CNCC1CC2C=CC1C2. The van der Waals surface area contributed by atoms with Gasteiger partial charge in [0.25, 0.3) is 0 Å². The molecule has 0 radical (unpaired) electrons. The lowest BCUT2D eigenvalue weighted by atomic mass is 9.94. The number of hydrogen-bond acceptors (Lipinski definition) is 3. The molecule has 1 fully saturated rings. The largest absolute Gasteiger partial charge is 0.310 e. The number of rotatable bonds is 4. The van der Waals surface area contributed by atoms with Crippen LogP contribution in [-0.4, -0.2) is 21.3 Å². The van der Waals surface area contributed by atoms with Crippen LogP contribution in [0.3, 0.4) is 0 Å². The molecule has 2 aliphatic rings. The maximum absolute atomic E-state index is 4.20. The second kappa shape index (κ2) is 4.01. The first-order valence-corrected chi connectivity index (χ1v) is 6.05. The molecule has 0 spiro atoms. The van der Waals surface area contributed by atoms with E-state index in [1.54, 1.807) is 6.33 Å². The average molecular weight is 218 g/mol. The molecule has 0 aliphatic heterocycles. The molecule has 86 valence electrons. The maximum Gasteiger partial charge on any atom is 0.140 e. The Bertz CT molecular complexity index is 395. The summed E-state index contributed by atoms with van der Waals surface area (Å²) in [6.45, 7) is 1.94. The van der Waals surface area contributed by atoms with Gasteiger partial charge in [0.05, 0.1) is 6.54 Å². The van der Waals surface area contributed by atoms with Gasteiger partial charge in [0.2, 0.25) is 0 Å². The highest BCUT2D eigenvalue weighted by atomic mass is 15.3. The molecule has 16 heavy (non-hydrogen) atoms. The van der Waals surface area contributed by atoms with Crippen molar-refractivity contribution in [1.29, 1.82) is 0 Å². The van der Waals surface area contributed by atoms with E-state index in [4.69, 9.17) is 0 Å². The van der Waals surface area contributed by atoms with Gasteiger partial charge in [-0.3, -0.25) is 4.68 Å². The molecule has 4 nitrogen and oxygen atoms in total. The Kier molecular flexibility index (Phi) is 2.52. The van der Waals surface area contributed by atoms with Crippen molar-refractivity contribution in [3.63, 3.8) is 0 Å². The highest BCUT2D eigenvalue weighted by molar-refractivity contribution is 5.10. The molecule has 0 amide bonds. The number of aryl methyl sites for hydroxylation is 1. The normalized spacial score (nSPS) is 31.4. The average Bonchev–Trinajstić information content (AvgIpc) is 2.96. The van der Waals surface area contributed by atoms with Crippen molar-refractivity contribution in [3.05, 3.63) is 24.3 Å². The topological polar surface area (TPSA) is 42.7 Å². The number of nitrogens with one attached hydrogen (secondary N) is 1. The van der Waals surface area contributed by atoms with Crippen molar-refractivity contribution in [2.75, 3.05) is 6.54 Å². The van der Waals surface area contributed by atoms with Gasteiger partial charge in [0.1, 0.15) is 12.2 Å². The van der Waals surface area contributed by atoms with Crippen LogP contribution >= 0.6 is 0 Å². The lowest BCUT2D eigenvalue weighted by molar-refractivity contribution is 0.409. The van der Waals surface area contributed by atoms with Gasteiger partial charge in [-0.1, -0.05) is 12.2 Å². The molecule has 1 N–H and O–H groups in total. The molecule has 0 saturated heterocycles. The fraction of sp³-hybridized carbons (Fsp3) is 0.667. The van der Waals surface area contributed by atoms with Crippen LogP contribution < -0.4 is 5.32 Å². The lowest BCUT2D eigenvalue weighted by Gasteiger charge is -2.18. The zero-order valence-corrected chi connectivity index (χ0v) is 9.63. The van der Waals surface area contributed by atoms with E-state index >= 15 is 0 Å². The van der Waals surface area contributed by atoms with Gasteiger partial charge >= 0.3 is 0 Å². The van der Waals surface area contributed by atoms with Gasteiger partial charge in [-0.2, -0.15) is 5.10 Å². The van der Waals surface area contributed by atoms with E-state index in [9.17, 15) is 0 Å². The smallest absolute Gasteiger partial charge is 0.140 e. The summed E-state index contributed by atoms with van der Waals surface area (Å²) in [4.78, 5) is 4.20. The fourth-order valence-corrected chi connectivity index (χ4v) is 2.98. The Morgan fingerprint density at radius 2 is 2.38 bits per heavy atom. The van der Waals surface area contributed by atoms with Gasteiger partial charge in [-0.25, -0.2) is 4.98 Å². The van der Waals surface area contributed by atoms with Crippen molar-refractivity contribution in [2.45, 2.75) is 19.4 Å². The molecule has 4 heteroatoms. The van der Waals surface area contributed by atoms with Crippen molar-refractivity contribution in [2.24, 2.45) is 24.8 Å². The van der Waals surface area contributed by atoms with Crippen molar-refractivity contribution >= 4 is 0 Å². The summed E-state index contributed by atoms with van der Waals surface area (Å²) in [7, 11) is 1.93. The molecule has 2 aliphatic carbocycles. The van der Waals surface area contributed by atoms with Crippen molar-refractivity contribution in [1.82, 2.24) is 20.1 Å². The first-order chi connectivity index (χ1) is 7.83. The van der Waals surface area contributed by atoms with Crippen LogP contribution in [0.2, 0.25) is 0 Å². The van der Waals surface area contributed by atoms with E-state index in [-0.39, 0.29) is 0 Å². The van der Waals surface area contributed by atoms with Gasteiger partial charge in [-0.15, -0.1) is 0 Å². The minimum absolute atomic E-state index is 0.827. The Morgan fingerprint density at radius 3 is 3.00 bits per heavy atom. The predicted octanol–water partition coefficient (Wildman–Crippen LogP) is 1.12. The predicted molar refractivity (Wildman–Crippen MR) is 61.6 cm³/mol. The molecule has 1 heterocycles. The van der Waals surface area contributed by atoms with E-state index in [1.807, 2.05) is 11.7 Å². The van der Waals surface area contributed by atoms with Gasteiger partial charge in [0, 0.05) is 7.05 Å². The molecule has 3 rings (SSSR count).